The molecule has 1 fully saturated rings. The van der Waals surface area contributed by atoms with Crippen molar-refractivity contribution in [1.29, 1.82) is 0 Å². The van der Waals surface area contributed by atoms with Gasteiger partial charge in [-0.3, -0.25) is 8.76 Å². The summed E-state index contributed by atoms with van der Waals surface area (Å²) in [6, 6.07) is 0. The van der Waals surface area contributed by atoms with Gasteiger partial charge in [0.2, 0.25) is 0 Å². The molecule has 1 aliphatic heterocycles. The fourth-order valence-electron chi connectivity index (χ4n) is 2.80. The van der Waals surface area contributed by atoms with Crippen LogP contribution in [0.25, 0.3) is 0 Å². The molecule has 1 saturated heterocycles. The lowest BCUT2D eigenvalue weighted by Crippen LogP contribution is -2.57. The summed E-state index contributed by atoms with van der Waals surface area (Å²) in [5, 5.41) is 42.5. The van der Waals surface area contributed by atoms with Crippen LogP contribution in [-0.4, -0.2) is 91.1 Å². The van der Waals surface area contributed by atoms with Crippen LogP contribution in [0.2, 0.25) is 0 Å². The number of hydrogen-bond acceptors (Lipinski definition) is 11. The third-order valence-electron chi connectivity index (χ3n) is 4.41. The van der Waals surface area contributed by atoms with E-state index in [4.69, 9.17) is 9.29 Å². The first-order chi connectivity index (χ1) is 14.0. The molecule has 0 aromatic carbocycles. The molecule has 14 heteroatoms. The third-order valence-corrected chi connectivity index (χ3v) is 6.71. The van der Waals surface area contributed by atoms with Crippen molar-refractivity contribution in [3.8, 4) is 0 Å². The number of rotatable bonds is 13. The topological polar surface area (TPSA) is 183 Å². The van der Waals surface area contributed by atoms with Crippen molar-refractivity contribution in [2.45, 2.75) is 74.8 Å². The van der Waals surface area contributed by atoms with Gasteiger partial charge in [0.1, 0.15) is 34.9 Å². The zero-order chi connectivity index (χ0) is 22.7. The molecule has 0 aliphatic carbocycles. The number of ether oxygens (including phenoxy) is 1. The van der Waals surface area contributed by atoms with Crippen LogP contribution in [0.3, 0.4) is 0 Å². The molecule has 5 N–H and O–H groups in total. The summed E-state index contributed by atoms with van der Waals surface area (Å²) in [7, 11) is -5.61. The Bertz CT molecular complexity index is 658. The molecular weight excluding hydrogens is 462 g/mol. The van der Waals surface area contributed by atoms with Crippen LogP contribution in [0.1, 0.15) is 44.9 Å². The average molecular weight is 494 g/mol. The summed E-state index contributed by atoms with van der Waals surface area (Å²) < 4.78 is 50.8. The molecule has 1 rings (SSSR count). The van der Waals surface area contributed by atoms with Crippen molar-refractivity contribution in [2.75, 3.05) is 18.6 Å². The van der Waals surface area contributed by atoms with Crippen molar-refractivity contribution >= 4 is 38.0 Å². The highest BCUT2D eigenvalue weighted by molar-refractivity contribution is 8.14. The Balaban J connectivity index is 2.58. The number of unbranched alkanes of at least 4 members (excludes halogenated alkanes) is 5. The second-order valence-electron chi connectivity index (χ2n) is 6.95. The molecule has 0 amide bonds. The van der Waals surface area contributed by atoms with Crippen LogP contribution in [-0.2, 0) is 30.2 Å². The van der Waals surface area contributed by atoms with Crippen molar-refractivity contribution in [2.24, 2.45) is 5.16 Å². The highest BCUT2D eigenvalue weighted by Gasteiger charge is 2.44. The van der Waals surface area contributed by atoms with Gasteiger partial charge >= 0.3 is 10.4 Å². The Morgan fingerprint density at radius 3 is 2.23 bits per heavy atom. The largest absolute Gasteiger partial charge is 0.466 e. The van der Waals surface area contributed by atoms with Gasteiger partial charge in [-0.25, -0.2) is 4.28 Å². The normalized spacial score (nSPS) is 29.0. The summed E-state index contributed by atoms with van der Waals surface area (Å²) >= 11 is 0.776. The third kappa shape index (κ3) is 10.8. The monoisotopic (exact) mass is 493 g/mol. The number of thioether (sulfide) groups is 1. The molecule has 1 aliphatic rings. The number of oxime groups is 1. The second kappa shape index (κ2) is 14.0. The van der Waals surface area contributed by atoms with E-state index < -0.39 is 57.7 Å². The van der Waals surface area contributed by atoms with E-state index in [1.165, 1.54) is 0 Å². The zero-order valence-electron chi connectivity index (χ0n) is 16.7. The summed E-state index contributed by atoms with van der Waals surface area (Å²) in [5.41, 5.74) is -1.14. The maximum atomic E-state index is 11.0. The Morgan fingerprint density at radius 1 is 1.07 bits per heavy atom. The maximum absolute atomic E-state index is 11.0. The van der Waals surface area contributed by atoms with E-state index in [9.17, 15) is 33.1 Å². The number of aliphatic hydroxyl groups is 4. The molecule has 1 heterocycles. The first kappa shape index (κ1) is 27.7. The SMILES string of the molecule is CS(=O)CCCCCCCC/C(=N\OS(=O)(=O)O)SC1OC(CO)C(O)C(O)C1O. The van der Waals surface area contributed by atoms with E-state index in [-0.39, 0.29) is 11.5 Å². The van der Waals surface area contributed by atoms with Crippen molar-refractivity contribution in [3.63, 3.8) is 0 Å². The molecule has 6 atom stereocenters. The first-order valence-corrected chi connectivity index (χ1v) is 13.5. The molecule has 0 radical (unpaired) electrons. The van der Waals surface area contributed by atoms with Crippen molar-refractivity contribution in [3.05, 3.63) is 0 Å². The van der Waals surface area contributed by atoms with Crippen molar-refractivity contribution < 1.29 is 46.6 Å². The summed E-state index contributed by atoms with van der Waals surface area (Å²) in [6.45, 7) is -0.596. The van der Waals surface area contributed by atoms with Gasteiger partial charge in [-0.15, -0.1) is 0 Å². The van der Waals surface area contributed by atoms with Crippen LogP contribution in [0, 0.1) is 0 Å². The lowest BCUT2D eigenvalue weighted by atomic mass is 10.0. The van der Waals surface area contributed by atoms with Crippen LogP contribution in [0.5, 0.6) is 0 Å². The van der Waals surface area contributed by atoms with Crippen LogP contribution in [0.4, 0.5) is 0 Å². The number of aliphatic hydroxyl groups excluding tert-OH is 4. The van der Waals surface area contributed by atoms with Gasteiger partial charge in [0.05, 0.1) is 6.61 Å². The smallest absolute Gasteiger partial charge is 0.394 e. The fraction of sp³-hybridized carbons (Fsp3) is 0.938. The number of hydrogen-bond donors (Lipinski definition) is 5. The Morgan fingerprint density at radius 2 is 1.67 bits per heavy atom. The number of nitrogens with zero attached hydrogens (tertiary/aromatic N) is 1. The molecule has 6 unspecified atom stereocenters. The lowest BCUT2D eigenvalue weighted by Gasteiger charge is -2.39. The predicted octanol–water partition coefficient (Wildman–Crippen LogP) is -0.238. The molecule has 0 saturated carbocycles. The van der Waals surface area contributed by atoms with Crippen molar-refractivity contribution in [1.82, 2.24) is 0 Å². The standard InChI is InChI=1S/C16H31NO10S3/c1-29(22)9-7-5-3-2-4-6-8-12(17-27-30(23,24)25)28-16-15(21)14(20)13(19)11(10-18)26-16/h11,13-16,18-21H,2-10H2,1H3,(H,23,24,25)/b17-12+. The van der Waals surface area contributed by atoms with Crippen LogP contribution in [0.15, 0.2) is 5.16 Å². The predicted molar refractivity (Wildman–Crippen MR) is 113 cm³/mol. The highest BCUT2D eigenvalue weighted by atomic mass is 32.3. The second-order valence-corrected chi connectivity index (χ2v) is 10.7. The van der Waals surface area contributed by atoms with E-state index in [0.717, 1.165) is 43.9 Å². The lowest BCUT2D eigenvalue weighted by molar-refractivity contribution is -0.205. The van der Waals surface area contributed by atoms with E-state index in [1.807, 2.05) is 0 Å². The van der Waals surface area contributed by atoms with Gasteiger partial charge in [-0.05, 0) is 19.3 Å². The summed E-state index contributed by atoms with van der Waals surface area (Å²) in [5.74, 6) is 0.680. The molecule has 30 heavy (non-hydrogen) atoms. The molecule has 0 aromatic heterocycles. The van der Waals surface area contributed by atoms with Crippen LogP contribution >= 0.6 is 11.8 Å². The molecular formula is C16H31NO10S3. The van der Waals surface area contributed by atoms with Gasteiger partial charge in [-0.1, -0.05) is 42.6 Å². The van der Waals surface area contributed by atoms with E-state index >= 15 is 0 Å². The Hall–Kier alpha value is -0.320. The summed E-state index contributed by atoms with van der Waals surface area (Å²) in [4.78, 5) is 0. The van der Waals surface area contributed by atoms with Gasteiger partial charge in [-0.2, -0.15) is 8.42 Å². The fourth-order valence-corrected chi connectivity index (χ4v) is 4.75. The van der Waals surface area contributed by atoms with E-state index in [1.54, 1.807) is 6.26 Å². The van der Waals surface area contributed by atoms with Gasteiger partial charge in [0, 0.05) is 22.8 Å². The molecule has 0 aromatic rings. The maximum Gasteiger partial charge on any atom is 0.466 e. The molecule has 11 nitrogen and oxygen atoms in total. The van der Waals surface area contributed by atoms with Gasteiger partial charge in [0.15, 0.2) is 0 Å². The average Bonchev–Trinajstić information content (AvgIpc) is 2.67. The highest BCUT2D eigenvalue weighted by Crippen LogP contribution is 2.30. The van der Waals surface area contributed by atoms with Gasteiger partial charge < -0.3 is 25.2 Å². The molecule has 178 valence electrons. The minimum Gasteiger partial charge on any atom is -0.394 e. The van der Waals surface area contributed by atoms with E-state index in [0.29, 0.717) is 12.2 Å². The summed E-state index contributed by atoms with van der Waals surface area (Å²) in [6.07, 6.45) is 1.35. The molecule has 0 spiro atoms. The van der Waals surface area contributed by atoms with E-state index in [2.05, 4.69) is 9.44 Å². The Kier molecular flexibility index (Phi) is 12.9. The molecule has 0 bridgehead atoms. The first-order valence-electron chi connectivity index (χ1n) is 9.55. The zero-order valence-corrected chi connectivity index (χ0v) is 19.1. The minimum absolute atomic E-state index is 0.0957. The Labute approximate surface area is 183 Å². The van der Waals surface area contributed by atoms with Crippen LogP contribution < -0.4 is 0 Å². The quantitative estimate of drug-likeness (QED) is 0.0750. The minimum atomic E-state index is -4.82. The van der Waals surface area contributed by atoms with Gasteiger partial charge in [0.25, 0.3) is 0 Å².